The molecule has 2 heterocycles. The summed E-state index contributed by atoms with van der Waals surface area (Å²) in [6, 6.07) is 13.7. The minimum absolute atomic E-state index is 0.236. The molecule has 134 valence electrons. The van der Waals surface area contributed by atoms with Gasteiger partial charge in [0.1, 0.15) is 5.69 Å². The van der Waals surface area contributed by atoms with Gasteiger partial charge in [0.25, 0.3) is 5.91 Å². The molecule has 4 nitrogen and oxygen atoms in total. The third-order valence-electron chi connectivity index (χ3n) is 4.71. The summed E-state index contributed by atoms with van der Waals surface area (Å²) < 4.78 is 0.924. The van der Waals surface area contributed by atoms with Gasteiger partial charge < -0.3 is 10.3 Å². The fourth-order valence-corrected chi connectivity index (χ4v) is 4.08. The van der Waals surface area contributed by atoms with Crippen LogP contribution in [0, 0.1) is 0 Å². The number of hydrogen-bond acceptors (Lipinski definition) is 2. The molecule has 0 saturated carbocycles. The third-order valence-corrected chi connectivity index (χ3v) is 5.60. The molecule has 4 rings (SSSR count). The van der Waals surface area contributed by atoms with Crippen molar-refractivity contribution in [2.75, 3.05) is 18.4 Å². The molecular formula is C20H19BrClN3O. The zero-order chi connectivity index (χ0) is 18.1. The Bertz CT molecular complexity index is 963. The number of rotatable bonds is 4. The average Bonchev–Trinajstić information content (AvgIpc) is 3.24. The summed E-state index contributed by atoms with van der Waals surface area (Å²) in [6.45, 7) is 3.22. The Kier molecular flexibility index (Phi) is 5.02. The highest BCUT2D eigenvalue weighted by molar-refractivity contribution is 9.10. The van der Waals surface area contributed by atoms with Gasteiger partial charge in [-0.05, 0) is 61.8 Å². The number of carbonyl (C=O) groups is 1. The number of aromatic amines is 1. The van der Waals surface area contributed by atoms with Gasteiger partial charge >= 0.3 is 0 Å². The minimum atomic E-state index is -0.236. The summed E-state index contributed by atoms with van der Waals surface area (Å²) in [5.74, 6) is -0.236. The molecule has 1 amide bonds. The van der Waals surface area contributed by atoms with Crippen LogP contribution >= 0.6 is 27.5 Å². The Morgan fingerprint density at radius 2 is 2.00 bits per heavy atom. The monoisotopic (exact) mass is 431 g/mol. The predicted molar refractivity (Wildman–Crippen MR) is 110 cm³/mol. The molecule has 1 aromatic heterocycles. The molecule has 6 heteroatoms. The number of nitrogens with zero attached hydrogens (tertiary/aromatic N) is 1. The van der Waals surface area contributed by atoms with E-state index < -0.39 is 0 Å². The van der Waals surface area contributed by atoms with E-state index in [0.29, 0.717) is 10.7 Å². The summed E-state index contributed by atoms with van der Waals surface area (Å²) in [7, 11) is 0. The maximum Gasteiger partial charge on any atom is 0.273 e. The molecular weight excluding hydrogens is 414 g/mol. The molecule has 26 heavy (non-hydrogen) atoms. The summed E-state index contributed by atoms with van der Waals surface area (Å²) in [4.78, 5) is 18.2. The number of nitrogens with one attached hydrogen (secondary N) is 2. The maximum absolute atomic E-state index is 12.7. The number of benzene rings is 2. The average molecular weight is 433 g/mol. The standard InChI is InChI=1S/C20H19BrClN3O/c21-14-6-7-17-16(11-14)18(22)19(24-17)20(26)23-15-5-3-4-13(10-15)12-25-8-1-2-9-25/h3-7,10-11,24H,1-2,8-9,12H2,(H,23,26). The Balaban J connectivity index is 1.53. The lowest BCUT2D eigenvalue weighted by Crippen LogP contribution is -2.18. The van der Waals surface area contributed by atoms with Crippen LogP contribution in [0.15, 0.2) is 46.9 Å². The molecule has 0 radical (unpaired) electrons. The Labute approximate surface area is 165 Å². The highest BCUT2D eigenvalue weighted by atomic mass is 79.9. The van der Waals surface area contributed by atoms with Crippen molar-refractivity contribution in [2.24, 2.45) is 0 Å². The number of amides is 1. The number of anilines is 1. The van der Waals surface area contributed by atoms with Gasteiger partial charge in [0.2, 0.25) is 0 Å². The first-order chi connectivity index (χ1) is 12.6. The summed E-state index contributed by atoms with van der Waals surface area (Å²) in [6.07, 6.45) is 2.54. The lowest BCUT2D eigenvalue weighted by Gasteiger charge is -2.15. The molecule has 0 unspecified atom stereocenters. The van der Waals surface area contributed by atoms with Crippen molar-refractivity contribution in [3.63, 3.8) is 0 Å². The van der Waals surface area contributed by atoms with Crippen LogP contribution in [0.2, 0.25) is 5.02 Å². The number of fused-ring (bicyclic) bond motifs is 1. The number of aromatic nitrogens is 1. The smallest absolute Gasteiger partial charge is 0.273 e. The molecule has 3 aromatic rings. The van der Waals surface area contributed by atoms with Crippen LogP contribution in [0.4, 0.5) is 5.69 Å². The van der Waals surface area contributed by atoms with Crippen molar-refractivity contribution in [1.29, 1.82) is 0 Å². The molecule has 1 aliphatic rings. The van der Waals surface area contributed by atoms with E-state index >= 15 is 0 Å². The van der Waals surface area contributed by atoms with Crippen molar-refractivity contribution in [2.45, 2.75) is 19.4 Å². The Morgan fingerprint density at radius 1 is 1.19 bits per heavy atom. The molecule has 1 aliphatic heterocycles. The Morgan fingerprint density at radius 3 is 2.81 bits per heavy atom. The number of halogens is 2. The van der Waals surface area contributed by atoms with E-state index in [9.17, 15) is 4.79 Å². The highest BCUT2D eigenvalue weighted by Crippen LogP contribution is 2.30. The van der Waals surface area contributed by atoms with Gasteiger partial charge in [0, 0.05) is 27.6 Å². The van der Waals surface area contributed by atoms with E-state index in [1.54, 1.807) is 0 Å². The Hall–Kier alpha value is -1.82. The number of H-pyrrole nitrogens is 1. The van der Waals surface area contributed by atoms with Crippen LogP contribution in [-0.2, 0) is 6.54 Å². The summed E-state index contributed by atoms with van der Waals surface area (Å²) in [5, 5.41) is 4.22. The van der Waals surface area contributed by atoms with E-state index in [1.165, 1.54) is 18.4 Å². The number of hydrogen-bond donors (Lipinski definition) is 2. The second kappa shape index (κ2) is 7.43. The summed E-state index contributed by atoms with van der Waals surface area (Å²) >= 11 is 9.85. The molecule has 1 fully saturated rings. The lowest BCUT2D eigenvalue weighted by atomic mass is 10.2. The van der Waals surface area contributed by atoms with Crippen molar-refractivity contribution < 1.29 is 4.79 Å². The first-order valence-corrected chi connectivity index (χ1v) is 9.86. The molecule has 2 N–H and O–H groups in total. The fraction of sp³-hybridized carbons (Fsp3) is 0.250. The van der Waals surface area contributed by atoms with Gasteiger partial charge in [-0.2, -0.15) is 0 Å². The fourth-order valence-electron chi connectivity index (χ4n) is 3.43. The van der Waals surface area contributed by atoms with Crippen LogP contribution in [0.1, 0.15) is 28.9 Å². The zero-order valence-electron chi connectivity index (χ0n) is 14.2. The van der Waals surface area contributed by atoms with Crippen LogP contribution in [0.25, 0.3) is 10.9 Å². The second-order valence-electron chi connectivity index (χ2n) is 6.64. The number of carbonyl (C=O) groups excluding carboxylic acids is 1. The topological polar surface area (TPSA) is 48.1 Å². The molecule has 0 aliphatic carbocycles. The van der Waals surface area contributed by atoms with E-state index in [2.05, 4.69) is 37.2 Å². The zero-order valence-corrected chi connectivity index (χ0v) is 16.5. The minimum Gasteiger partial charge on any atom is -0.349 e. The van der Waals surface area contributed by atoms with Crippen LogP contribution in [0.3, 0.4) is 0 Å². The first-order valence-electron chi connectivity index (χ1n) is 8.69. The van der Waals surface area contributed by atoms with Crippen LogP contribution in [0.5, 0.6) is 0 Å². The molecule has 1 saturated heterocycles. The maximum atomic E-state index is 12.7. The normalized spacial score (nSPS) is 14.8. The molecule has 0 bridgehead atoms. The number of likely N-dealkylation sites (tertiary alicyclic amines) is 1. The van der Waals surface area contributed by atoms with Gasteiger partial charge in [-0.1, -0.05) is 39.7 Å². The van der Waals surface area contributed by atoms with Crippen molar-refractivity contribution in [1.82, 2.24) is 9.88 Å². The van der Waals surface area contributed by atoms with Crippen molar-refractivity contribution >= 4 is 50.0 Å². The van der Waals surface area contributed by atoms with Gasteiger partial charge in [-0.15, -0.1) is 0 Å². The van der Waals surface area contributed by atoms with Crippen LogP contribution in [-0.4, -0.2) is 28.9 Å². The first kappa shape index (κ1) is 17.6. The van der Waals surface area contributed by atoms with E-state index in [1.807, 2.05) is 36.4 Å². The quantitative estimate of drug-likeness (QED) is 0.577. The summed E-state index contributed by atoms with van der Waals surface area (Å²) in [5.41, 5.74) is 3.20. The third kappa shape index (κ3) is 3.65. The van der Waals surface area contributed by atoms with Gasteiger partial charge in [-0.3, -0.25) is 9.69 Å². The van der Waals surface area contributed by atoms with Crippen molar-refractivity contribution in [3.05, 3.63) is 63.2 Å². The van der Waals surface area contributed by atoms with Gasteiger partial charge in [0.05, 0.1) is 5.02 Å². The SMILES string of the molecule is O=C(Nc1cccc(CN2CCCC2)c1)c1[nH]c2ccc(Br)cc2c1Cl. The molecule has 2 aromatic carbocycles. The van der Waals surface area contributed by atoms with E-state index in [0.717, 1.165) is 40.7 Å². The van der Waals surface area contributed by atoms with Gasteiger partial charge in [0.15, 0.2) is 0 Å². The predicted octanol–water partition coefficient (Wildman–Crippen LogP) is 5.43. The highest BCUT2D eigenvalue weighted by Gasteiger charge is 2.17. The van der Waals surface area contributed by atoms with Crippen LogP contribution < -0.4 is 5.32 Å². The van der Waals surface area contributed by atoms with Gasteiger partial charge in [-0.25, -0.2) is 0 Å². The van der Waals surface area contributed by atoms with Crippen molar-refractivity contribution in [3.8, 4) is 0 Å². The molecule has 0 atom stereocenters. The van der Waals surface area contributed by atoms with E-state index in [4.69, 9.17) is 11.6 Å². The largest absolute Gasteiger partial charge is 0.349 e. The second-order valence-corrected chi connectivity index (χ2v) is 7.94. The van der Waals surface area contributed by atoms with E-state index in [-0.39, 0.29) is 5.91 Å². The lowest BCUT2D eigenvalue weighted by molar-refractivity contribution is 0.102. The molecule has 0 spiro atoms.